The zero-order valence-corrected chi connectivity index (χ0v) is 13.4. The third-order valence-corrected chi connectivity index (χ3v) is 4.91. The Kier molecular flexibility index (Phi) is 4.59. The SMILES string of the molecule is Cc1ccc(C#N)cc1S(=O)(=O)Nc1ccc(Cl)c(C(=O)O)c1. The van der Waals surface area contributed by atoms with Crippen LogP contribution in [0.1, 0.15) is 21.5 Å². The number of carboxylic acid groups (broad SMARTS) is 1. The maximum Gasteiger partial charge on any atom is 0.337 e. The van der Waals surface area contributed by atoms with E-state index in [1.807, 2.05) is 6.07 Å². The number of anilines is 1. The van der Waals surface area contributed by atoms with Gasteiger partial charge in [-0.25, -0.2) is 13.2 Å². The van der Waals surface area contributed by atoms with Crippen molar-refractivity contribution in [3.05, 3.63) is 58.1 Å². The minimum atomic E-state index is -3.97. The molecule has 2 rings (SSSR count). The highest BCUT2D eigenvalue weighted by Gasteiger charge is 2.19. The molecule has 0 amide bonds. The van der Waals surface area contributed by atoms with Crippen LogP contribution in [0.4, 0.5) is 5.69 Å². The van der Waals surface area contributed by atoms with E-state index in [0.717, 1.165) is 6.07 Å². The summed E-state index contributed by atoms with van der Waals surface area (Å²) in [6, 6.07) is 9.95. The van der Waals surface area contributed by atoms with Gasteiger partial charge in [-0.05, 0) is 42.8 Å². The number of sulfonamides is 1. The maximum absolute atomic E-state index is 12.5. The molecule has 0 bridgehead atoms. The molecule has 0 aliphatic carbocycles. The van der Waals surface area contributed by atoms with Crippen LogP contribution in [0.3, 0.4) is 0 Å². The fourth-order valence-electron chi connectivity index (χ4n) is 1.92. The number of benzene rings is 2. The van der Waals surface area contributed by atoms with E-state index in [1.165, 1.54) is 30.3 Å². The number of carboxylic acids is 1. The molecular weight excluding hydrogens is 340 g/mol. The van der Waals surface area contributed by atoms with Crippen molar-refractivity contribution in [1.29, 1.82) is 5.26 Å². The summed E-state index contributed by atoms with van der Waals surface area (Å²) in [6.45, 7) is 1.60. The van der Waals surface area contributed by atoms with Crippen molar-refractivity contribution in [3.63, 3.8) is 0 Å². The Bertz CT molecular complexity index is 933. The molecule has 0 saturated heterocycles. The van der Waals surface area contributed by atoms with Gasteiger partial charge in [-0.1, -0.05) is 17.7 Å². The molecule has 0 spiro atoms. The normalized spacial score (nSPS) is 10.8. The van der Waals surface area contributed by atoms with Crippen molar-refractivity contribution in [3.8, 4) is 6.07 Å². The predicted octanol–water partition coefficient (Wildman–Crippen LogP) is 3.02. The zero-order chi connectivity index (χ0) is 17.2. The Balaban J connectivity index is 2.45. The maximum atomic E-state index is 12.5. The molecule has 118 valence electrons. The molecule has 0 unspecified atom stereocenters. The van der Waals surface area contributed by atoms with Gasteiger partial charge in [-0.2, -0.15) is 5.26 Å². The van der Waals surface area contributed by atoms with Crippen molar-refractivity contribution >= 4 is 33.3 Å². The first-order valence-corrected chi connectivity index (χ1v) is 8.17. The highest BCUT2D eigenvalue weighted by molar-refractivity contribution is 7.92. The number of hydrogen-bond acceptors (Lipinski definition) is 4. The highest BCUT2D eigenvalue weighted by Crippen LogP contribution is 2.24. The molecule has 0 fully saturated rings. The lowest BCUT2D eigenvalue weighted by Crippen LogP contribution is -2.15. The number of halogens is 1. The molecule has 8 heteroatoms. The van der Waals surface area contributed by atoms with Gasteiger partial charge in [0.1, 0.15) is 0 Å². The van der Waals surface area contributed by atoms with E-state index in [4.69, 9.17) is 22.0 Å². The van der Waals surface area contributed by atoms with E-state index in [-0.39, 0.29) is 26.7 Å². The van der Waals surface area contributed by atoms with E-state index in [9.17, 15) is 13.2 Å². The summed E-state index contributed by atoms with van der Waals surface area (Å²) in [5.74, 6) is -1.27. The first kappa shape index (κ1) is 16.8. The predicted molar refractivity (Wildman–Crippen MR) is 85.1 cm³/mol. The molecule has 0 atom stereocenters. The molecule has 23 heavy (non-hydrogen) atoms. The second kappa shape index (κ2) is 6.28. The summed E-state index contributed by atoms with van der Waals surface area (Å²) in [4.78, 5) is 11.0. The van der Waals surface area contributed by atoms with Gasteiger partial charge < -0.3 is 5.11 Å². The van der Waals surface area contributed by atoms with Gasteiger partial charge in [0, 0.05) is 5.69 Å². The third-order valence-electron chi connectivity index (χ3n) is 3.06. The van der Waals surface area contributed by atoms with Crippen molar-refractivity contribution < 1.29 is 18.3 Å². The number of carbonyl (C=O) groups is 1. The Morgan fingerprint density at radius 2 is 1.96 bits per heavy atom. The summed E-state index contributed by atoms with van der Waals surface area (Å²) in [5.41, 5.74) is 0.519. The van der Waals surface area contributed by atoms with E-state index in [0.29, 0.717) is 5.56 Å². The number of nitrogens with zero attached hydrogens (tertiary/aromatic N) is 1. The van der Waals surface area contributed by atoms with Crippen LogP contribution < -0.4 is 4.72 Å². The van der Waals surface area contributed by atoms with Crippen LogP contribution in [-0.2, 0) is 10.0 Å². The summed E-state index contributed by atoms with van der Waals surface area (Å²) in [7, 11) is -3.97. The monoisotopic (exact) mass is 350 g/mol. The van der Waals surface area contributed by atoms with Crippen LogP contribution >= 0.6 is 11.6 Å². The summed E-state index contributed by atoms with van der Waals surface area (Å²) < 4.78 is 27.2. The first-order chi connectivity index (χ1) is 10.7. The van der Waals surface area contributed by atoms with Crippen molar-refractivity contribution in [2.24, 2.45) is 0 Å². The van der Waals surface area contributed by atoms with E-state index in [1.54, 1.807) is 6.92 Å². The average Bonchev–Trinajstić information content (AvgIpc) is 2.49. The molecule has 0 aromatic heterocycles. The van der Waals surface area contributed by atoms with Crippen LogP contribution in [0, 0.1) is 18.3 Å². The number of nitriles is 1. The molecular formula is C15H11ClN2O4S. The first-order valence-electron chi connectivity index (χ1n) is 6.31. The quantitative estimate of drug-likeness (QED) is 0.881. The van der Waals surface area contributed by atoms with Crippen LogP contribution in [0.2, 0.25) is 5.02 Å². The Morgan fingerprint density at radius 1 is 1.26 bits per heavy atom. The number of nitrogens with one attached hydrogen (secondary N) is 1. The summed E-state index contributed by atoms with van der Waals surface area (Å²) >= 11 is 5.75. The molecule has 6 nitrogen and oxygen atoms in total. The van der Waals surface area contributed by atoms with Gasteiger partial charge in [0.05, 0.1) is 27.1 Å². The fraction of sp³-hybridized carbons (Fsp3) is 0.0667. The number of aryl methyl sites for hydroxylation is 1. The molecule has 0 heterocycles. The minimum Gasteiger partial charge on any atom is -0.478 e. The lowest BCUT2D eigenvalue weighted by molar-refractivity contribution is 0.0697. The van der Waals surface area contributed by atoms with Crippen molar-refractivity contribution in [1.82, 2.24) is 0 Å². The molecule has 0 aliphatic heterocycles. The third kappa shape index (κ3) is 3.62. The van der Waals surface area contributed by atoms with Gasteiger partial charge in [-0.15, -0.1) is 0 Å². The van der Waals surface area contributed by atoms with Crippen LogP contribution in [-0.4, -0.2) is 19.5 Å². The average molecular weight is 351 g/mol. The molecule has 2 aromatic carbocycles. The van der Waals surface area contributed by atoms with E-state index in [2.05, 4.69) is 4.72 Å². The van der Waals surface area contributed by atoms with Gasteiger partial charge in [0.15, 0.2) is 0 Å². The molecule has 2 aromatic rings. The second-order valence-corrected chi connectivity index (χ2v) is 6.76. The largest absolute Gasteiger partial charge is 0.478 e. The summed E-state index contributed by atoms with van der Waals surface area (Å²) in [6.07, 6.45) is 0. The minimum absolute atomic E-state index is 0.00288. The lowest BCUT2D eigenvalue weighted by Gasteiger charge is -2.11. The van der Waals surface area contributed by atoms with Crippen molar-refractivity contribution in [2.75, 3.05) is 4.72 Å². The molecule has 2 N–H and O–H groups in total. The smallest absolute Gasteiger partial charge is 0.337 e. The van der Waals surface area contributed by atoms with Gasteiger partial charge in [-0.3, -0.25) is 4.72 Å². The van der Waals surface area contributed by atoms with Crippen molar-refractivity contribution in [2.45, 2.75) is 11.8 Å². The van der Waals surface area contributed by atoms with Crippen LogP contribution in [0.5, 0.6) is 0 Å². The highest BCUT2D eigenvalue weighted by atomic mass is 35.5. The molecule has 0 saturated carbocycles. The van der Waals surface area contributed by atoms with Crippen LogP contribution in [0.15, 0.2) is 41.3 Å². The topological polar surface area (TPSA) is 107 Å². The molecule has 0 aliphatic rings. The fourth-order valence-corrected chi connectivity index (χ4v) is 3.44. The van der Waals surface area contributed by atoms with Gasteiger partial charge in [0.2, 0.25) is 0 Å². The number of rotatable bonds is 4. The Labute approximate surface area is 138 Å². The van der Waals surface area contributed by atoms with Gasteiger partial charge in [0.25, 0.3) is 10.0 Å². The number of aromatic carboxylic acids is 1. The standard InChI is InChI=1S/C15H11ClN2O4S/c1-9-2-3-10(8-17)6-14(9)23(21,22)18-11-4-5-13(16)12(7-11)15(19)20/h2-7,18H,1H3,(H,19,20). The lowest BCUT2D eigenvalue weighted by atomic mass is 10.2. The Hall–Kier alpha value is -2.56. The summed E-state index contributed by atoms with van der Waals surface area (Å²) in [5, 5.41) is 17.9. The zero-order valence-electron chi connectivity index (χ0n) is 11.9. The second-order valence-electron chi connectivity index (χ2n) is 4.70. The number of hydrogen-bond donors (Lipinski definition) is 2. The van der Waals surface area contributed by atoms with E-state index < -0.39 is 16.0 Å². The van der Waals surface area contributed by atoms with Gasteiger partial charge >= 0.3 is 5.97 Å². The molecule has 0 radical (unpaired) electrons. The van der Waals surface area contributed by atoms with E-state index >= 15 is 0 Å². The van der Waals surface area contributed by atoms with Crippen LogP contribution in [0.25, 0.3) is 0 Å². The Morgan fingerprint density at radius 3 is 2.57 bits per heavy atom.